The van der Waals surface area contributed by atoms with E-state index in [0.29, 0.717) is 0 Å². The summed E-state index contributed by atoms with van der Waals surface area (Å²) in [6.45, 7) is 8.34. The summed E-state index contributed by atoms with van der Waals surface area (Å²) < 4.78 is 0. The number of nitrogens with zero attached hydrogens (tertiary/aromatic N) is 2. The molecule has 1 aromatic carbocycles. The fraction of sp³-hybridized carbons (Fsp3) is 0.438. The fourth-order valence-corrected chi connectivity index (χ4v) is 3.30. The van der Waals surface area contributed by atoms with Crippen LogP contribution in [-0.2, 0) is 13.0 Å². The number of anilines is 2. The maximum Gasteiger partial charge on any atom is 0.190 e. The lowest BCUT2D eigenvalue weighted by Crippen LogP contribution is -2.11. The first-order valence-electron chi connectivity index (χ1n) is 7.16. The number of rotatable bonds is 6. The van der Waals surface area contributed by atoms with Gasteiger partial charge in [0, 0.05) is 24.2 Å². The molecule has 2 aromatic rings. The van der Waals surface area contributed by atoms with Crippen LogP contribution in [0.1, 0.15) is 30.0 Å². The molecule has 0 aliphatic carbocycles. The van der Waals surface area contributed by atoms with Crippen molar-refractivity contribution in [3.8, 4) is 0 Å². The van der Waals surface area contributed by atoms with Crippen LogP contribution in [0.4, 0.5) is 10.8 Å². The van der Waals surface area contributed by atoms with Gasteiger partial charge in [-0.3, -0.25) is 0 Å². The predicted octanol–water partition coefficient (Wildman–Crippen LogP) is 3.89. The highest BCUT2D eigenvalue weighted by atomic mass is 32.1. The zero-order valence-electron chi connectivity index (χ0n) is 12.7. The van der Waals surface area contributed by atoms with Crippen molar-refractivity contribution in [3.63, 3.8) is 0 Å². The van der Waals surface area contributed by atoms with E-state index in [1.54, 1.807) is 11.3 Å². The maximum absolute atomic E-state index is 4.80. The molecule has 0 unspecified atom stereocenters. The summed E-state index contributed by atoms with van der Waals surface area (Å²) in [7, 11) is 2.09. The van der Waals surface area contributed by atoms with E-state index in [-0.39, 0.29) is 0 Å². The van der Waals surface area contributed by atoms with Crippen LogP contribution in [-0.4, -0.2) is 18.6 Å². The number of benzene rings is 1. The molecule has 1 N–H and O–H groups in total. The van der Waals surface area contributed by atoms with Gasteiger partial charge in [-0.05, 0) is 31.5 Å². The second-order valence-electron chi connectivity index (χ2n) is 4.85. The van der Waals surface area contributed by atoms with Gasteiger partial charge in [0.05, 0.1) is 5.69 Å². The Bertz CT molecular complexity index is 563. The van der Waals surface area contributed by atoms with Gasteiger partial charge in [0.15, 0.2) is 5.13 Å². The minimum Gasteiger partial charge on any atom is -0.321 e. The molecule has 0 spiro atoms. The van der Waals surface area contributed by atoms with Crippen LogP contribution < -0.4 is 10.2 Å². The Morgan fingerprint density at radius 2 is 2.00 bits per heavy atom. The number of hydrogen-bond donors (Lipinski definition) is 1. The van der Waals surface area contributed by atoms with Crippen molar-refractivity contribution in [2.45, 2.75) is 33.7 Å². The Labute approximate surface area is 125 Å². The summed E-state index contributed by atoms with van der Waals surface area (Å²) in [5.41, 5.74) is 3.71. The lowest BCUT2D eigenvalue weighted by Gasteiger charge is -2.18. The van der Waals surface area contributed by atoms with Gasteiger partial charge < -0.3 is 10.2 Å². The Morgan fingerprint density at radius 3 is 2.65 bits per heavy atom. The number of hydrogen-bond acceptors (Lipinski definition) is 4. The first-order chi connectivity index (χ1) is 9.67. The van der Waals surface area contributed by atoms with Crippen LogP contribution in [0.15, 0.2) is 24.3 Å². The molecule has 2 rings (SSSR count). The summed E-state index contributed by atoms with van der Waals surface area (Å²) >= 11 is 1.79. The van der Waals surface area contributed by atoms with Crippen LogP contribution in [0.3, 0.4) is 0 Å². The molecule has 0 saturated carbocycles. The number of para-hydroxylation sites is 1. The molecule has 0 aliphatic heterocycles. The molecule has 20 heavy (non-hydrogen) atoms. The molecule has 0 fully saturated rings. The zero-order valence-corrected chi connectivity index (χ0v) is 13.5. The average Bonchev–Trinajstić information content (AvgIpc) is 2.88. The third-order valence-electron chi connectivity index (χ3n) is 3.40. The largest absolute Gasteiger partial charge is 0.321 e. The van der Waals surface area contributed by atoms with E-state index in [9.17, 15) is 0 Å². The monoisotopic (exact) mass is 289 g/mol. The highest BCUT2D eigenvalue weighted by molar-refractivity contribution is 7.15. The van der Waals surface area contributed by atoms with E-state index in [1.807, 2.05) is 0 Å². The lowest BCUT2D eigenvalue weighted by molar-refractivity contribution is 0.727. The van der Waals surface area contributed by atoms with E-state index < -0.39 is 0 Å². The quantitative estimate of drug-likeness (QED) is 0.874. The Balaban J connectivity index is 2.28. The second kappa shape index (κ2) is 6.86. The molecule has 0 amide bonds. The molecular weight excluding hydrogens is 266 g/mol. The topological polar surface area (TPSA) is 28.2 Å². The van der Waals surface area contributed by atoms with Crippen LogP contribution in [0.25, 0.3) is 0 Å². The van der Waals surface area contributed by atoms with E-state index in [1.165, 1.54) is 21.8 Å². The molecule has 0 bridgehead atoms. The van der Waals surface area contributed by atoms with Crippen molar-refractivity contribution in [2.24, 2.45) is 0 Å². The van der Waals surface area contributed by atoms with Gasteiger partial charge in [-0.2, -0.15) is 0 Å². The van der Waals surface area contributed by atoms with Crippen molar-refractivity contribution in [1.82, 2.24) is 10.3 Å². The fourth-order valence-electron chi connectivity index (χ4n) is 2.21. The van der Waals surface area contributed by atoms with Gasteiger partial charge in [-0.15, -0.1) is 0 Å². The van der Waals surface area contributed by atoms with E-state index in [4.69, 9.17) is 4.98 Å². The number of nitrogens with one attached hydrogen (secondary N) is 1. The molecule has 1 aromatic heterocycles. The normalized spacial score (nSPS) is 10.8. The van der Waals surface area contributed by atoms with Gasteiger partial charge in [-0.25, -0.2) is 4.98 Å². The zero-order chi connectivity index (χ0) is 14.5. The van der Waals surface area contributed by atoms with Crippen molar-refractivity contribution in [2.75, 3.05) is 18.5 Å². The standard InChI is InChI=1S/C16H23N3S/c1-5-13-15(11-17-6-2)20-16(18-13)19(4)14-10-8-7-9-12(14)3/h7-10,17H,5-6,11H2,1-4H3. The van der Waals surface area contributed by atoms with Gasteiger partial charge >= 0.3 is 0 Å². The van der Waals surface area contributed by atoms with Crippen molar-refractivity contribution < 1.29 is 0 Å². The van der Waals surface area contributed by atoms with E-state index >= 15 is 0 Å². The smallest absolute Gasteiger partial charge is 0.190 e. The van der Waals surface area contributed by atoms with Gasteiger partial charge in [0.25, 0.3) is 0 Å². The SMILES string of the molecule is CCNCc1sc(N(C)c2ccccc2C)nc1CC. The molecular formula is C16H23N3S. The number of aryl methyl sites for hydroxylation is 2. The Hall–Kier alpha value is -1.39. The molecule has 0 aliphatic rings. The molecule has 4 heteroatoms. The third-order valence-corrected chi connectivity index (χ3v) is 4.58. The highest BCUT2D eigenvalue weighted by Gasteiger charge is 2.14. The molecule has 108 valence electrons. The molecule has 3 nitrogen and oxygen atoms in total. The number of thiazole rings is 1. The van der Waals surface area contributed by atoms with E-state index in [0.717, 1.165) is 24.6 Å². The lowest BCUT2D eigenvalue weighted by atomic mass is 10.2. The maximum atomic E-state index is 4.80. The minimum atomic E-state index is 0.916. The summed E-state index contributed by atoms with van der Waals surface area (Å²) in [6.07, 6.45) is 0.985. The Morgan fingerprint density at radius 1 is 1.25 bits per heavy atom. The summed E-state index contributed by atoms with van der Waals surface area (Å²) in [4.78, 5) is 8.34. The van der Waals surface area contributed by atoms with Crippen LogP contribution in [0, 0.1) is 6.92 Å². The third kappa shape index (κ3) is 3.19. The molecule has 1 heterocycles. The molecule has 0 atom stereocenters. The van der Waals surface area contributed by atoms with Crippen LogP contribution >= 0.6 is 11.3 Å². The van der Waals surface area contributed by atoms with Crippen molar-refractivity contribution in [3.05, 3.63) is 40.4 Å². The minimum absolute atomic E-state index is 0.916. The van der Waals surface area contributed by atoms with Gasteiger partial charge in [0.1, 0.15) is 0 Å². The summed E-state index contributed by atoms with van der Waals surface area (Å²) in [6, 6.07) is 8.43. The van der Waals surface area contributed by atoms with Gasteiger partial charge in [-0.1, -0.05) is 43.4 Å². The summed E-state index contributed by atoms with van der Waals surface area (Å²) in [5, 5.41) is 4.47. The van der Waals surface area contributed by atoms with Crippen molar-refractivity contribution >= 4 is 22.2 Å². The van der Waals surface area contributed by atoms with E-state index in [2.05, 4.69) is 62.3 Å². The van der Waals surface area contributed by atoms with Crippen LogP contribution in [0.2, 0.25) is 0 Å². The predicted molar refractivity (Wildman–Crippen MR) is 88.1 cm³/mol. The summed E-state index contributed by atoms with van der Waals surface area (Å²) in [5.74, 6) is 0. The molecule has 0 saturated heterocycles. The molecule has 0 radical (unpaired) electrons. The second-order valence-corrected chi connectivity index (χ2v) is 5.91. The van der Waals surface area contributed by atoms with Crippen molar-refractivity contribution in [1.29, 1.82) is 0 Å². The average molecular weight is 289 g/mol. The first-order valence-corrected chi connectivity index (χ1v) is 7.97. The Kier molecular flexibility index (Phi) is 5.15. The van der Waals surface area contributed by atoms with Crippen LogP contribution in [0.5, 0.6) is 0 Å². The highest BCUT2D eigenvalue weighted by Crippen LogP contribution is 2.32. The van der Waals surface area contributed by atoms with Gasteiger partial charge in [0.2, 0.25) is 0 Å². The number of aromatic nitrogens is 1. The first kappa shape index (κ1) is 15.0.